The number of aryl methyl sites for hydroxylation is 1. The van der Waals surface area contributed by atoms with Crippen molar-refractivity contribution in [3.8, 4) is 0 Å². The molecule has 0 radical (unpaired) electrons. The van der Waals surface area contributed by atoms with Crippen molar-refractivity contribution < 1.29 is 14.7 Å². The van der Waals surface area contributed by atoms with Gasteiger partial charge in [0.15, 0.2) is 0 Å². The molecule has 5 nitrogen and oxygen atoms in total. The predicted octanol–water partition coefficient (Wildman–Crippen LogP) is 2.25. The number of rotatable bonds is 6. The highest BCUT2D eigenvalue weighted by Gasteiger charge is 2.11. The van der Waals surface area contributed by atoms with E-state index < -0.39 is 5.97 Å². The molecule has 0 fully saturated rings. The normalized spacial score (nSPS) is 10.3. The molecular weight excluding hydrogens is 288 g/mol. The van der Waals surface area contributed by atoms with Crippen LogP contribution in [0.15, 0.2) is 29.6 Å². The minimum Gasteiger partial charge on any atom is -0.481 e. The van der Waals surface area contributed by atoms with Crippen LogP contribution in [0.3, 0.4) is 0 Å². The molecule has 0 unspecified atom stereocenters. The third kappa shape index (κ3) is 4.68. The van der Waals surface area contributed by atoms with Gasteiger partial charge in [-0.05, 0) is 12.5 Å². The van der Waals surface area contributed by atoms with Crippen molar-refractivity contribution in [1.82, 2.24) is 10.3 Å². The van der Waals surface area contributed by atoms with Crippen molar-refractivity contribution in [3.63, 3.8) is 0 Å². The first-order valence-corrected chi connectivity index (χ1v) is 7.42. The number of nitrogens with one attached hydrogen (secondary N) is 1. The number of thiazole rings is 1. The zero-order chi connectivity index (χ0) is 15.2. The summed E-state index contributed by atoms with van der Waals surface area (Å²) in [5.74, 6) is -1.27. The van der Waals surface area contributed by atoms with E-state index in [-0.39, 0.29) is 18.9 Å². The number of carboxylic acid groups (broad SMARTS) is 1. The minimum atomic E-state index is -0.936. The lowest BCUT2D eigenvalue weighted by molar-refractivity contribution is -0.136. The van der Waals surface area contributed by atoms with Gasteiger partial charge in [-0.15, -0.1) is 11.3 Å². The third-order valence-electron chi connectivity index (χ3n) is 2.88. The average Bonchev–Trinajstić information content (AvgIpc) is 2.89. The summed E-state index contributed by atoms with van der Waals surface area (Å²) in [7, 11) is 0. The van der Waals surface area contributed by atoms with Gasteiger partial charge in [0.2, 0.25) is 0 Å². The van der Waals surface area contributed by atoms with Gasteiger partial charge in [0.25, 0.3) is 5.91 Å². The smallest absolute Gasteiger partial charge is 0.305 e. The van der Waals surface area contributed by atoms with Gasteiger partial charge in [0.05, 0.1) is 11.4 Å². The van der Waals surface area contributed by atoms with Crippen LogP contribution < -0.4 is 5.32 Å². The SMILES string of the molecule is Cc1ccc(Cc2nc(C(=O)NCCC(=O)O)cs2)cc1. The maximum atomic E-state index is 11.8. The zero-order valence-corrected chi connectivity index (χ0v) is 12.4. The minimum absolute atomic E-state index is 0.0912. The Balaban J connectivity index is 1.93. The molecule has 0 aliphatic rings. The molecule has 21 heavy (non-hydrogen) atoms. The molecule has 0 saturated heterocycles. The maximum Gasteiger partial charge on any atom is 0.305 e. The summed E-state index contributed by atoms with van der Waals surface area (Å²) in [6, 6.07) is 8.18. The molecule has 0 atom stereocenters. The quantitative estimate of drug-likeness (QED) is 0.858. The maximum absolute atomic E-state index is 11.8. The highest BCUT2D eigenvalue weighted by molar-refractivity contribution is 7.09. The van der Waals surface area contributed by atoms with Gasteiger partial charge in [-0.2, -0.15) is 0 Å². The molecule has 1 aromatic heterocycles. The van der Waals surface area contributed by atoms with E-state index in [4.69, 9.17) is 5.11 Å². The number of benzene rings is 1. The van der Waals surface area contributed by atoms with Gasteiger partial charge in [0, 0.05) is 18.3 Å². The fraction of sp³-hybridized carbons (Fsp3) is 0.267. The molecule has 2 rings (SSSR count). The Morgan fingerprint density at radius 3 is 2.67 bits per heavy atom. The predicted molar refractivity (Wildman–Crippen MR) is 80.7 cm³/mol. The number of hydrogen-bond acceptors (Lipinski definition) is 4. The first-order chi connectivity index (χ1) is 10.0. The van der Waals surface area contributed by atoms with E-state index in [1.165, 1.54) is 16.9 Å². The average molecular weight is 304 g/mol. The van der Waals surface area contributed by atoms with Crippen LogP contribution in [0.25, 0.3) is 0 Å². The molecule has 0 aliphatic heterocycles. The van der Waals surface area contributed by atoms with Crippen molar-refractivity contribution in [2.24, 2.45) is 0 Å². The third-order valence-corrected chi connectivity index (χ3v) is 3.73. The van der Waals surface area contributed by atoms with Crippen LogP contribution in [-0.2, 0) is 11.2 Å². The molecule has 1 amide bonds. The van der Waals surface area contributed by atoms with E-state index in [2.05, 4.69) is 10.3 Å². The number of carbonyl (C=O) groups is 2. The van der Waals surface area contributed by atoms with Crippen LogP contribution in [0.2, 0.25) is 0 Å². The fourth-order valence-corrected chi connectivity index (χ4v) is 2.56. The fourth-order valence-electron chi connectivity index (χ4n) is 1.75. The van der Waals surface area contributed by atoms with Gasteiger partial charge in [0.1, 0.15) is 5.69 Å². The molecule has 0 spiro atoms. The van der Waals surface area contributed by atoms with E-state index >= 15 is 0 Å². The standard InChI is InChI=1S/C15H16N2O3S/c1-10-2-4-11(5-3-10)8-13-17-12(9-21-13)15(20)16-7-6-14(18)19/h2-5,9H,6-8H2,1H3,(H,16,20)(H,18,19). The van der Waals surface area contributed by atoms with E-state index in [0.717, 1.165) is 10.6 Å². The number of aliphatic carboxylic acids is 1. The van der Waals surface area contributed by atoms with Gasteiger partial charge >= 0.3 is 5.97 Å². The Morgan fingerprint density at radius 2 is 2.00 bits per heavy atom. The lowest BCUT2D eigenvalue weighted by Gasteiger charge is -2.00. The second kappa shape index (κ2) is 6.99. The molecule has 110 valence electrons. The Bertz CT molecular complexity index is 635. The Labute approximate surface area is 126 Å². The van der Waals surface area contributed by atoms with Gasteiger partial charge in [-0.3, -0.25) is 9.59 Å². The van der Waals surface area contributed by atoms with Gasteiger partial charge in [-0.1, -0.05) is 29.8 Å². The number of carbonyl (C=O) groups excluding carboxylic acids is 1. The first-order valence-electron chi connectivity index (χ1n) is 6.54. The highest BCUT2D eigenvalue weighted by Crippen LogP contribution is 2.15. The second-order valence-electron chi connectivity index (χ2n) is 4.69. The van der Waals surface area contributed by atoms with Crippen LogP contribution in [0.5, 0.6) is 0 Å². The molecule has 2 N–H and O–H groups in total. The Morgan fingerprint density at radius 1 is 1.29 bits per heavy atom. The van der Waals surface area contributed by atoms with Crippen LogP contribution >= 0.6 is 11.3 Å². The van der Waals surface area contributed by atoms with Crippen molar-refractivity contribution in [2.45, 2.75) is 19.8 Å². The van der Waals surface area contributed by atoms with E-state index in [1.807, 2.05) is 31.2 Å². The van der Waals surface area contributed by atoms with Crippen LogP contribution in [0.1, 0.15) is 33.0 Å². The second-order valence-corrected chi connectivity index (χ2v) is 5.63. The van der Waals surface area contributed by atoms with E-state index in [1.54, 1.807) is 5.38 Å². The summed E-state index contributed by atoms with van der Waals surface area (Å²) in [5, 5.41) is 13.6. The molecular formula is C15H16N2O3S. The number of amides is 1. The van der Waals surface area contributed by atoms with Crippen molar-refractivity contribution in [2.75, 3.05) is 6.54 Å². The molecule has 2 aromatic rings. The summed E-state index contributed by atoms with van der Waals surface area (Å²) < 4.78 is 0. The molecule has 6 heteroatoms. The number of hydrogen-bond donors (Lipinski definition) is 2. The molecule has 1 aromatic carbocycles. The molecule has 0 aliphatic carbocycles. The molecule has 0 saturated carbocycles. The summed E-state index contributed by atoms with van der Waals surface area (Å²) >= 11 is 1.43. The Kier molecular flexibility index (Phi) is 5.05. The summed E-state index contributed by atoms with van der Waals surface area (Å²) in [4.78, 5) is 26.4. The lowest BCUT2D eigenvalue weighted by atomic mass is 10.1. The summed E-state index contributed by atoms with van der Waals surface area (Å²) in [6.45, 7) is 2.14. The largest absolute Gasteiger partial charge is 0.481 e. The van der Waals surface area contributed by atoms with Gasteiger partial charge < -0.3 is 10.4 Å². The van der Waals surface area contributed by atoms with Crippen molar-refractivity contribution in [3.05, 3.63) is 51.5 Å². The molecule has 1 heterocycles. The number of aromatic nitrogens is 1. The van der Waals surface area contributed by atoms with E-state index in [0.29, 0.717) is 12.1 Å². The van der Waals surface area contributed by atoms with Crippen LogP contribution in [0.4, 0.5) is 0 Å². The number of carboxylic acids is 1. The number of nitrogens with zero attached hydrogens (tertiary/aromatic N) is 1. The monoisotopic (exact) mass is 304 g/mol. The van der Waals surface area contributed by atoms with E-state index in [9.17, 15) is 9.59 Å². The highest BCUT2D eigenvalue weighted by atomic mass is 32.1. The van der Waals surface area contributed by atoms with Crippen molar-refractivity contribution in [1.29, 1.82) is 0 Å². The first kappa shape index (κ1) is 15.2. The summed E-state index contributed by atoms with van der Waals surface area (Å²) in [6.07, 6.45) is 0.597. The van der Waals surface area contributed by atoms with Crippen LogP contribution in [0, 0.1) is 6.92 Å². The summed E-state index contributed by atoms with van der Waals surface area (Å²) in [5.41, 5.74) is 2.69. The zero-order valence-electron chi connectivity index (χ0n) is 11.6. The molecule has 0 bridgehead atoms. The lowest BCUT2D eigenvalue weighted by Crippen LogP contribution is -2.26. The van der Waals surface area contributed by atoms with Crippen LogP contribution in [-0.4, -0.2) is 28.5 Å². The Hall–Kier alpha value is -2.21. The van der Waals surface area contributed by atoms with Gasteiger partial charge in [-0.25, -0.2) is 4.98 Å². The topological polar surface area (TPSA) is 79.3 Å². The van der Waals surface area contributed by atoms with Crippen molar-refractivity contribution >= 4 is 23.2 Å².